The Balaban J connectivity index is 2.57. The van der Waals surface area contributed by atoms with Crippen molar-refractivity contribution in [2.75, 3.05) is 13.1 Å². The van der Waals surface area contributed by atoms with Gasteiger partial charge in [-0.05, 0) is 40.0 Å². The summed E-state index contributed by atoms with van der Waals surface area (Å²) in [4.78, 5) is 13.9. The van der Waals surface area contributed by atoms with Crippen LogP contribution in [-0.2, 0) is 4.74 Å². The van der Waals surface area contributed by atoms with Crippen LogP contribution in [-0.4, -0.2) is 29.7 Å². The first-order chi connectivity index (χ1) is 8.38. The molecule has 0 unspecified atom stereocenters. The van der Waals surface area contributed by atoms with Crippen molar-refractivity contribution in [3.8, 4) is 0 Å². The fourth-order valence-corrected chi connectivity index (χ4v) is 2.12. The van der Waals surface area contributed by atoms with E-state index in [9.17, 15) is 4.79 Å². The fraction of sp³-hybridized carbons (Fsp3) is 0.800. The second-order valence-electron chi connectivity index (χ2n) is 6.17. The molecule has 1 saturated heterocycles. The highest BCUT2D eigenvalue weighted by atomic mass is 16.6. The number of rotatable bonds is 0. The van der Waals surface area contributed by atoms with Gasteiger partial charge in [-0.25, -0.2) is 4.79 Å². The van der Waals surface area contributed by atoms with E-state index in [1.165, 1.54) is 25.7 Å². The summed E-state index contributed by atoms with van der Waals surface area (Å²) in [5.74, 6) is 0. The molecule has 0 bridgehead atoms. The van der Waals surface area contributed by atoms with Crippen LogP contribution in [0.4, 0.5) is 4.79 Å². The quantitative estimate of drug-likeness (QED) is 0.607. The van der Waals surface area contributed by atoms with Gasteiger partial charge in [0.15, 0.2) is 0 Å². The van der Waals surface area contributed by atoms with Crippen LogP contribution in [0.15, 0.2) is 12.2 Å². The predicted octanol–water partition coefficient (Wildman–Crippen LogP) is 4.13. The molecule has 3 nitrogen and oxygen atoms in total. The molecule has 1 aliphatic rings. The number of carbonyl (C=O) groups excluding carboxylic acids is 1. The predicted molar refractivity (Wildman–Crippen MR) is 74.6 cm³/mol. The highest BCUT2D eigenvalue weighted by Crippen LogP contribution is 2.17. The third-order valence-electron chi connectivity index (χ3n) is 3.02. The minimum absolute atomic E-state index is 0.204. The maximum absolute atomic E-state index is 12.1. The average Bonchev–Trinajstić information content (AvgIpc) is 2.24. The lowest BCUT2D eigenvalue weighted by Gasteiger charge is -2.28. The normalized spacial score (nSPS) is 19.5. The van der Waals surface area contributed by atoms with Gasteiger partial charge in [-0.2, -0.15) is 0 Å². The molecular formula is C15H27NO2. The van der Waals surface area contributed by atoms with Crippen LogP contribution in [0, 0.1) is 0 Å². The Kier molecular flexibility index (Phi) is 5.70. The van der Waals surface area contributed by atoms with Crippen LogP contribution in [0.5, 0.6) is 0 Å². The molecule has 0 aliphatic carbocycles. The molecule has 0 saturated carbocycles. The molecule has 1 amide bonds. The summed E-state index contributed by atoms with van der Waals surface area (Å²) in [7, 11) is 0. The summed E-state index contributed by atoms with van der Waals surface area (Å²) < 4.78 is 5.44. The summed E-state index contributed by atoms with van der Waals surface area (Å²) in [6, 6.07) is 0. The van der Waals surface area contributed by atoms with Crippen LogP contribution in [0.25, 0.3) is 0 Å². The van der Waals surface area contributed by atoms with Gasteiger partial charge in [-0.3, -0.25) is 0 Å². The highest BCUT2D eigenvalue weighted by Gasteiger charge is 2.22. The van der Waals surface area contributed by atoms with Crippen LogP contribution < -0.4 is 0 Å². The van der Waals surface area contributed by atoms with Gasteiger partial charge in [0, 0.05) is 13.1 Å². The molecule has 1 heterocycles. The van der Waals surface area contributed by atoms with Crippen molar-refractivity contribution in [3.05, 3.63) is 12.2 Å². The zero-order valence-corrected chi connectivity index (χ0v) is 12.1. The molecule has 0 aromatic rings. The third-order valence-corrected chi connectivity index (χ3v) is 3.02. The van der Waals surface area contributed by atoms with Crippen LogP contribution in [0.3, 0.4) is 0 Å². The molecule has 0 aromatic carbocycles. The summed E-state index contributed by atoms with van der Waals surface area (Å²) in [5, 5.41) is 0. The molecule has 1 aliphatic heterocycles. The van der Waals surface area contributed by atoms with Crippen molar-refractivity contribution >= 4 is 6.09 Å². The van der Waals surface area contributed by atoms with Crippen LogP contribution >= 0.6 is 0 Å². The maximum atomic E-state index is 12.1. The Morgan fingerprint density at radius 1 is 1.17 bits per heavy atom. The van der Waals surface area contributed by atoms with Gasteiger partial charge in [-0.15, -0.1) is 0 Å². The second kappa shape index (κ2) is 6.81. The molecule has 0 spiro atoms. The van der Waals surface area contributed by atoms with E-state index in [1.54, 1.807) is 4.90 Å². The van der Waals surface area contributed by atoms with E-state index in [1.807, 2.05) is 20.8 Å². The summed E-state index contributed by atoms with van der Waals surface area (Å²) >= 11 is 0. The molecule has 18 heavy (non-hydrogen) atoms. The zero-order chi connectivity index (χ0) is 13.6. The van der Waals surface area contributed by atoms with Crippen molar-refractivity contribution in [2.45, 2.75) is 64.9 Å². The van der Waals surface area contributed by atoms with Gasteiger partial charge in [-0.1, -0.05) is 31.4 Å². The molecular weight excluding hydrogens is 226 g/mol. The van der Waals surface area contributed by atoms with Crippen LogP contribution in [0.2, 0.25) is 0 Å². The van der Waals surface area contributed by atoms with Gasteiger partial charge >= 0.3 is 6.09 Å². The third kappa shape index (κ3) is 6.08. The molecule has 0 N–H and O–H groups in total. The Morgan fingerprint density at radius 3 is 2.44 bits per heavy atom. The molecule has 1 fully saturated rings. The molecule has 0 atom stereocenters. The van der Waals surface area contributed by atoms with Crippen molar-refractivity contribution in [1.29, 1.82) is 0 Å². The van der Waals surface area contributed by atoms with Gasteiger partial charge in [0.2, 0.25) is 0 Å². The topological polar surface area (TPSA) is 29.5 Å². The molecule has 104 valence electrons. The van der Waals surface area contributed by atoms with Crippen molar-refractivity contribution in [3.63, 3.8) is 0 Å². The van der Waals surface area contributed by atoms with E-state index < -0.39 is 5.60 Å². The number of amides is 1. The minimum atomic E-state index is -0.423. The zero-order valence-electron chi connectivity index (χ0n) is 12.1. The van der Waals surface area contributed by atoms with Gasteiger partial charge in [0.1, 0.15) is 5.60 Å². The summed E-state index contributed by atoms with van der Waals surface area (Å²) in [5.41, 5.74) is 0.719. The van der Waals surface area contributed by atoms with Crippen molar-refractivity contribution in [1.82, 2.24) is 4.90 Å². The Labute approximate surface area is 111 Å². The van der Waals surface area contributed by atoms with E-state index in [2.05, 4.69) is 6.58 Å². The summed E-state index contributed by atoms with van der Waals surface area (Å²) in [6.45, 7) is 11.2. The van der Waals surface area contributed by atoms with Crippen molar-refractivity contribution in [2.24, 2.45) is 0 Å². The number of carbonyl (C=O) groups is 1. The minimum Gasteiger partial charge on any atom is -0.444 e. The Bertz CT molecular complexity index is 291. The number of nitrogens with zero attached hydrogens (tertiary/aromatic N) is 1. The first-order valence-electron chi connectivity index (χ1n) is 7.03. The molecule has 0 aromatic heterocycles. The van der Waals surface area contributed by atoms with E-state index in [0.29, 0.717) is 6.54 Å². The van der Waals surface area contributed by atoms with E-state index in [4.69, 9.17) is 4.74 Å². The number of hydrogen-bond acceptors (Lipinski definition) is 2. The maximum Gasteiger partial charge on any atom is 0.410 e. The van der Waals surface area contributed by atoms with Gasteiger partial charge in [0.05, 0.1) is 0 Å². The average molecular weight is 253 g/mol. The Morgan fingerprint density at radius 2 is 1.78 bits per heavy atom. The summed E-state index contributed by atoms with van der Waals surface area (Å²) in [6.07, 6.45) is 6.82. The smallest absolute Gasteiger partial charge is 0.410 e. The van der Waals surface area contributed by atoms with E-state index in [-0.39, 0.29) is 6.09 Å². The first-order valence-corrected chi connectivity index (χ1v) is 7.03. The number of ether oxygens (including phenoxy) is 1. The molecule has 1 rings (SSSR count). The van der Waals surface area contributed by atoms with E-state index >= 15 is 0 Å². The molecule has 0 radical (unpaired) electrons. The lowest BCUT2D eigenvalue weighted by Crippen LogP contribution is -2.38. The highest BCUT2D eigenvalue weighted by molar-refractivity contribution is 5.68. The fourth-order valence-electron chi connectivity index (χ4n) is 2.12. The van der Waals surface area contributed by atoms with Crippen LogP contribution in [0.1, 0.15) is 59.3 Å². The van der Waals surface area contributed by atoms with Crippen molar-refractivity contribution < 1.29 is 9.53 Å². The van der Waals surface area contributed by atoms with Gasteiger partial charge in [0.25, 0.3) is 0 Å². The molecule has 3 heteroatoms. The second-order valence-corrected chi connectivity index (χ2v) is 6.17. The monoisotopic (exact) mass is 253 g/mol. The SMILES string of the molecule is C=C1CCCCCCCN(C(=O)OC(C)(C)C)C1. The largest absolute Gasteiger partial charge is 0.444 e. The van der Waals surface area contributed by atoms with Gasteiger partial charge < -0.3 is 9.64 Å². The number of hydrogen-bond donors (Lipinski definition) is 0. The standard InChI is InChI=1S/C15H27NO2/c1-13-10-8-6-5-7-9-11-16(12-13)14(17)18-15(2,3)4/h1,5-12H2,2-4H3. The Hall–Kier alpha value is -0.990. The lowest BCUT2D eigenvalue weighted by atomic mass is 10.0. The first kappa shape index (κ1) is 15.1. The van der Waals surface area contributed by atoms with E-state index in [0.717, 1.165) is 25.0 Å². The lowest BCUT2D eigenvalue weighted by molar-refractivity contribution is 0.0261.